The van der Waals surface area contributed by atoms with Gasteiger partial charge in [-0.25, -0.2) is 0 Å². The van der Waals surface area contributed by atoms with Crippen LogP contribution in [0.4, 0.5) is 0 Å². The van der Waals surface area contributed by atoms with Crippen molar-refractivity contribution in [1.82, 2.24) is 10.2 Å². The summed E-state index contributed by atoms with van der Waals surface area (Å²) in [6, 6.07) is 7.33. The van der Waals surface area contributed by atoms with Crippen LogP contribution in [-0.2, 0) is 9.63 Å². The number of likely N-dealkylation sites (N-methyl/N-ethyl adjacent to an activating group) is 1. The van der Waals surface area contributed by atoms with E-state index in [1.807, 2.05) is 31.1 Å². The summed E-state index contributed by atoms with van der Waals surface area (Å²) in [6.45, 7) is 1.39. The van der Waals surface area contributed by atoms with Crippen molar-refractivity contribution in [2.45, 2.75) is 12.5 Å². The Hall–Kier alpha value is -1.59. The molecule has 1 unspecified atom stereocenters. The molecule has 0 fully saturated rings. The van der Waals surface area contributed by atoms with Gasteiger partial charge in [0.1, 0.15) is 0 Å². The van der Waals surface area contributed by atoms with Gasteiger partial charge in [-0.05, 0) is 31.8 Å². The third kappa shape index (κ3) is 3.95. The first-order valence-corrected chi connectivity index (χ1v) is 6.85. The number of rotatable bonds is 5. The fourth-order valence-electron chi connectivity index (χ4n) is 1.85. The first-order valence-electron chi connectivity index (χ1n) is 6.47. The number of oxime groups is 1. The number of nitrogens with zero attached hydrogens (tertiary/aromatic N) is 2. The average Bonchev–Trinajstić information content (AvgIpc) is 2.88. The minimum atomic E-state index is -0.539. The Morgan fingerprint density at radius 1 is 1.45 bits per heavy atom. The molecule has 1 atom stereocenters. The molecule has 2 rings (SSSR count). The minimum absolute atomic E-state index is 0.125. The molecule has 0 spiro atoms. The number of amides is 1. The van der Waals surface area contributed by atoms with E-state index < -0.39 is 6.10 Å². The smallest absolute Gasteiger partial charge is 0.264 e. The zero-order valence-electron chi connectivity index (χ0n) is 11.6. The summed E-state index contributed by atoms with van der Waals surface area (Å²) < 4.78 is 0. The van der Waals surface area contributed by atoms with Gasteiger partial charge in [0.2, 0.25) is 6.10 Å². The van der Waals surface area contributed by atoms with E-state index in [-0.39, 0.29) is 5.91 Å². The molecule has 0 radical (unpaired) electrons. The van der Waals surface area contributed by atoms with E-state index >= 15 is 0 Å². The highest BCUT2D eigenvalue weighted by Gasteiger charge is 2.28. The highest BCUT2D eigenvalue weighted by molar-refractivity contribution is 6.30. The minimum Gasteiger partial charge on any atom is -0.382 e. The van der Waals surface area contributed by atoms with E-state index in [2.05, 4.69) is 10.5 Å². The quantitative estimate of drug-likeness (QED) is 0.896. The first kappa shape index (κ1) is 14.8. The molecule has 0 bridgehead atoms. The lowest BCUT2D eigenvalue weighted by Gasteiger charge is -2.12. The zero-order valence-corrected chi connectivity index (χ0v) is 12.4. The van der Waals surface area contributed by atoms with Gasteiger partial charge in [-0.2, -0.15) is 0 Å². The van der Waals surface area contributed by atoms with Crippen LogP contribution in [0.25, 0.3) is 0 Å². The number of benzene rings is 1. The second kappa shape index (κ2) is 6.72. The lowest BCUT2D eigenvalue weighted by Crippen LogP contribution is -2.38. The number of hydrogen-bond acceptors (Lipinski definition) is 4. The molecule has 0 saturated heterocycles. The molecule has 1 aromatic carbocycles. The maximum atomic E-state index is 11.9. The number of halogens is 1. The van der Waals surface area contributed by atoms with Crippen LogP contribution in [0.15, 0.2) is 29.4 Å². The van der Waals surface area contributed by atoms with E-state index in [4.69, 9.17) is 16.4 Å². The molecule has 1 aromatic rings. The fraction of sp³-hybridized carbons (Fsp3) is 0.429. The topological polar surface area (TPSA) is 53.9 Å². The second-order valence-electron chi connectivity index (χ2n) is 4.94. The number of carbonyl (C=O) groups is 1. The maximum absolute atomic E-state index is 11.9. The lowest BCUT2D eigenvalue weighted by atomic mass is 10.0. The van der Waals surface area contributed by atoms with Gasteiger partial charge in [0, 0.05) is 24.5 Å². The Morgan fingerprint density at radius 3 is 2.80 bits per heavy atom. The standard InChI is InChI=1S/C14H18ClN3O2/c1-18(2)8-7-16-14(19)13-9-12(17-20-13)10-3-5-11(15)6-4-10/h3-6,13H,7-9H2,1-2H3,(H,16,19). The van der Waals surface area contributed by atoms with E-state index in [9.17, 15) is 4.79 Å². The highest BCUT2D eigenvalue weighted by atomic mass is 35.5. The molecule has 6 heteroatoms. The number of hydrogen-bond donors (Lipinski definition) is 1. The molecule has 0 aromatic heterocycles. The first-order chi connectivity index (χ1) is 9.56. The Kier molecular flexibility index (Phi) is 4.98. The molecule has 1 heterocycles. The Labute approximate surface area is 123 Å². The van der Waals surface area contributed by atoms with Gasteiger partial charge < -0.3 is 15.1 Å². The molecule has 1 N–H and O–H groups in total. The molecule has 5 nitrogen and oxygen atoms in total. The van der Waals surface area contributed by atoms with E-state index in [0.29, 0.717) is 18.0 Å². The summed E-state index contributed by atoms with van der Waals surface area (Å²) in [5.41, 5.74) is 1.70. The van der Waals surface area contributed by atoms with Crippen molar-refractivity contribution >= 4 is 23.2 Å². The van der Waals surface area contributed by atoms with Crippen molar-refractivity contribution < 1.29 is 9.63 Å². The maximum Gasteiger partial charge on any atom is 0.264 e. The van der Waals surface area contributed by atoms with Crippen LogP contribution in [0.3, 0.4) is 0 Å². The molecule has 1 aliphatic rings. The van der Waals surface area contributed by atoms with Crippen molar-refractivity contribution in [3.63, 3.8) is 0 Å². The molecule has 1 aliphatic heterocycles. The Balaban J connectivity index is 1.84. The molecule has 0 aliphatic carbocycles. The van der Waals surface area contributed by atoms with Crippen LogP contribution in [-0.4, -0.2) is 49.8 Å². The molecule has 20 heavy (non-hydrogen) atoms. The van der Waals surface area contributed by atoms with Crippen LogP contribution >= 0.6 is 11.6 Å². The van der Waals surface area contributed by atoms with Gasteiger partial charge in [0.05, 0.1) is 5.71 Å². The van der Waals surface area contributed by atoms with Crippen LogP contribution in [0.5, 0.6) is 0 Å². The fourth-order valence-corrected chi connectivity index (χ4v) is 1.97. The molecule has 108 valence electrons. The largest absolute Gasteiger partial charge is 0.382 e. The summed E-state index contributed by atoms with van der Waals surface area (Å²) in [6.07, 6.45) is -0.0575. The van der Waals surface area contributed by atoms with Gasteiger partial charge in [0.15, 0.2) is 0 Å². The van der Waals surface area contributed by atoms with Crippen LogP contribution in [0.2, 0.25) is 5.02 Å². The van der Waals surface area contributed by atoms with Crippen molar-refractivity contribution in [2.24, 2.45) is 5.16 Å². The number of nitrogens with one attached hydrogen (secondary N) is 1. The predicted molar refractivity (Wildman–Crippen MR) is 79.0 cm³/mol. The number of carbonyl (C=O) groups excluding carboxylic acids is 1. The van der Waals surface area contributed by atoms with Gasteiger partial charge in [-0.3, -0.25) is 4.79 Å². The zero-order chi connectivity index (χ0) is 14.5. The van der Waals surface area contributed by atoms with Crippen molar-refractivity contribution in [3.05, 3.63) is 34.9 Å². The van der Waals surface area contributed by atoms with Crippen LogP contribution < -0.4 is 5.32 Å². The van der Waals surface area contributed by atoms with Gasteiger partial charge >= 0.3 is 0 Å². The molecular formula is C14H18ClN3O2. The third-order valence-corrected chi connectivity index (χ3v) is 3.25. The monoisotopic (exact) mass is 295 g/mol. The van der Waals surface area contributed by atoms with Crippen molar-refractivity contribution in [3.8, 4) is 0 Å². The molecular weight excluding hydrogens is 278 g/mol. The summed E-state index contributed by atoms with van der Waals surface area (Å²) in [7, 11) is 3.92. The normalized spacial score (nSPS) is 17.8. The summed E-state index contributed by atoms with van der Waals surface area (Å²) in [5.74, 6) is -0.125. The van der Waals surface area contributed by atoms with E-state index in [0.717, 1.165) is 17.8 Å². The Bertz CT molecular complexity index is 500. The van der Waals surface area contributed by atoms with Crippen molar-refractivity contribution in [1.29, 1.82) is 0 Å². The van der Waals surface area contributed by atoms with Crippen molar-refractivity contribution in [2.75, 3.05) is 27.2 Å². The molecule has 0 saturated carbocycles. The van der Waals surface area contributed by atoms with E-state index in [1.54, 1.807) is 12.1 Å². The highest BCUT2D eigenvalue weighted by Crippen LogP contribution is 2.18. The molecule has 1 amide bonds. The SMILES string of the molecule is CN(C)CCNC(=O)C1CC(c2ccc(Cl)cc2)=NO1. The van der Waals surface area contributed by atoms with Gasteiger partial charge in [-0.15, -0.1) is 0 Å². The average molecular weight is 296 g/mol. The third-order valence-electron chi connectivity index (χ3n) is 3.00. The second-order valence-corrected chi connectivity index (χ2v) is 5.37. The summed E-state index contributed by atoms with van der Waals surface area (Å²) in [5, 5.41) is 7.49. The lowest BCUT2D eigenvalue weighted by molar-refractivity contribution is -0.131. The van der Waals surface area contributed by atoms with Gasteiger partial charge in [0.25, 0.3) is 5.91 Å². The predicted octanol–water partition coefficient (Wildman–Crippen LogP) is 1.51. The van der Waals surface area contributed by atoms with E-state index in [1.165, 1.54) is 0 Å². The van der Waals surface area contributed by atoms with Crippen LogP contribution in [0.1, 0.15) is 12.0 Å². The van der Waals surface area contributed by atoms with Gasteiger partial charge in [-0.1, -0.05) is 28.9 Å². The summed E-state index contributed by atoms with van der Waals surface area (Å²) in [4.78, 5) is 19.1. The summed E-state index contributed by atoms with van der Waals surface area (Å²) >= 11 is 5.84. The van der Waals surface area contributed by atoms with Crippen LogP contribution in [0, 0.1) is 0 Å². The Morgan fingerprint density at radius 2 is 2.15 bits per heavy atom.